The summed E-state index contributed by atoms with van der Waals surface area (Å²) in [5.41, 5.74) is 0.544. The van der Waals surface area contributed by atoms with Gasteiger partial charge in [-0.05, 0) is 48.9 Å². The number of aryl methyl sites for hydroxylation is 1. The first-order valence-corrected chi connectivity index (χ1v) is 9.97. The van der Waals surface area contributed by atoms with Crippen LogP contribution in [0, 0.1) is 0 Å². The summed E-state index contributed by atoms with van der Waals surface area (Å²) in [6.45, 7) is 6.86. The molecule has 3 rings (SSSR count). The number of fused-ring (bicyclic) bond motifs is 1. The topological polar surface area (TPSA) is 78.5 Å². The van der Waals surface area contributed by atoms with Crippen molar-refractivity contribution >= 4 is 34.3 Å². The first-order chi connectivity index (χ1) is 12.5. The molecule has 2 aromatic heterocycles. The first kappa shape index (κ1) is 18.8. The van der Waals surface area contributed by atoms with Crippen molar-refractivity contribution in [3.8, 4) is 0 Å². The van der Waals surface area contributed by atoms with Crippen molar-refractivity contribution in [2.45, 2.75) is 57.1 Å². The van der Waals surface area contributed by atoms with Crippen molar-refractivity contribution in [1.82, 2.24) is 29.8 Å². The number of nitrogens with zero attached hydrogens (tertiary/aromatic N) is 6. The van der Waals surface area contributed by atoms with E-state index in [0.717, 1.165) is 25.2 Å². The second-order valence-electron chi connectivity index (χ2n) is 6.29. The van der Waals surface area contributed by atoms with Crippen LogP contribution < -0.4 is 5.56 Å². The highest BCUT2D eigenvalue weighted by atomic mass is 35.5. The van der Waals surface area contributed by atoms with E-state index in [1.165, 1.54) is 11.8 Å². The minimum atomic E-state index is -0.0604. The fraction of sp³-hybridized carbons (Fsp3) is 0.471. The van der Waals surface area contributed by atoms with Crippen molar-refractivity contribution in [3.63, 3.8) is 0 Å². The van der Waals surface area contributed by atoms with Crippen LogP contribution in [-0.2, 0) is 12.3 Å². The van der Waals surface area contributed by atoms with E-state index in [1.807, 2.05) is 18.5 Å². The number of tetrazole rings is 1. The summed E-state index contributed by atoms with van der Waals surface area (Å²) in [7, 11) is 0. The zero-order chi connectivity index (χ0) is 18.7. The van der Waals surface area contributed by atoms with Crippen LogP contribution in [0.15, 0.2) is 28.2 Å². The van der Waals surface area contributed by atoms with Crippen LogP contribution in [0.5, 0.6) is 0 Å². The molecule has 0 aliphatic rings. The quantitative estimate of drug-likeness (QED) is 0.450. The fourth-order valence-corrected chi connectivity index (χ4v) is 3.87. The van der Waals surface area contributed by atoms with Crippen molar-refractivity contribution in [2.75, 3.05) is 0 Å². The third-order valence-electron chi connectivity index (χ3n) is 4.01. The highest BCUT2D eigenvalue weighted by Gasteiger charge is 2.16. The summed E-state index contributed by atoms with van der Waals surface area (Å²) < 4.78 is 3.52. The molecular formula is C17H21ClN6OS. The van der Waals surface area contributed by atoms with Crippen LogP contribution in [0.2, 0.25) is 5.02 Å². The van der Waals surface area contributed by atoms with Crippen LogP contribution >= 0.6 is 23.4 Å². The number of thioether (sulfide) groups is 1. The largest absolute Gasteiger partial charge is 0.285 e. The maximum absolute atomic E-state index is 12.9. The number of benzene rings is 1. The first-order valence-electron chi connectivity index (χ1n) is 8.61. The average Bonchev–Trinajstić information content (AvgIpc) is 3.04. The molecule has 0 bridgehead atoms. The van der Waals surface area contributed by atoms with E-state index in [9.17, 15) is 4.79 Å². The zero-order valence-corrected chi connectivity index (χ0v) is 16.6. The van der Waals surface area contributed by atoms with E-state index in [0.29, 0.717) is 26.8 Å². The highest BCUT2D eigenvalue weighted by Crippen LogP contribution is 2.24. The molecular weight excluding hydrogens is 372 g/mol. The molecule has 1 aromatic carbocycles. The van der Waals surface area contributed by atoms with Gasteiger partial charge in [0, 0.05) is 17.6 Å². The van der Waals surface area contributed by atoms with E-state index >= 15 is 0 Å². The van der Waals surface area contributed by atoms with E-state index in [4.69, 9.17) is 11.6 Å². The maximum atomic E-state index is 12.9. The number of halogens is 1. The Labute approximate surface area is 160 Å². The fourth-order valence-electron chi connectivity index (χ4n) is 2.65. The van der Waals surface area contributed by atoms with Gasteiger partial charge >= 0.3 is 0 Å². The Kier molecular flexibility index (Phi) is 5.93. The third kappa shape index (κ3) is 3.91. The molecule has 0 fully saturated rings. The van der Waals surface area contributed by atoms with Gasteiger partial charge in [-0.25, -0.2) is 9.67 Å². The second-order valence-corrected chi connectivity index (χ2v) is 7.66. The maximum Gasteiger partial charge on any atom is 0.262 e. The molecule has 0 N–H and O–H groups in total. The third-order valence-corrected chi connectivity index (χ3v) is 5.19. The van der Waals surface area contributed by atoms with Crippen molar-refractivity contribution in [1.29, 1.82) is 0 Å². The Balaban J connectivity index is 1.95. The van der Waals surface area contributed by atoms with Gasteiger partial charge in [0.05, 0.1) is 16.7 Å². The van der Waals surface area contributed by atoms with Gasteiger partial charge in [-0.15, -0.1) is 5.10 Å². The summed E-state index contributed by atoms with van der Waals surface area (Å²) in [4.78, 5) is 17.6. The second kappa shape index (κ2) is 8.18. The minimum absolute atomic E-state index is 0.00587. The van der Waals surface area contributed by atoms with Crippen LogP contribution in [0.25, 0.3) is 10.9 Å². The molecule has 0 amide bonds. The van der Waals surface area contributed by atoms with Gasteiger partial charge in [0.15, 0.2) is 11.0 Å². The Morgan fingerprint density at radius 2 is 2.12 bits per heavy atom. The van der Waals surface area contributed by atoms with E-state index in [1.54, 1.807) is 22.8 Å². The lowest BCUT2D eigenvalue weighted by Gasteiger charge is -2.16. The lowest BCUT2D eigenvalue weighted by Crippen LogP contribution is -2.25. The number of aromatic nitrogens is 6. The SMILES string of the molecule is CCCCn1nnnc1CSc1nc2cc(Cl)ccc2c(=O)n1C(C)C. The lowest BCUT2D eigenvalue weighted by atomic mass is 10.2. The number of hydrogen-bond acceptors (Lipinski definition) is 6. The minimum Gasteiger partial charge on any atom is -0.285 e. The highest BCUT2D eigenvalue weighted by molar-refractivity contribution is 7.98. The average molecular weight is 393 g/mol. The van der Waals surface area contributed by atoms with Gasteiger partial charge in [-0.3, -0.25) is 9.36 Å². The van der Waals surface area contributed by atoms with E-state index < -0.39 is 0 Å². The molecule has 26 heavy (non-hydrogen) atoms. The summed E-state index contributed by atoms with van der Waals surface area (Å²) in [6.07, 6.45) is 2.10. The number of rotatable bonds is 7. The van der Waals surface area contributed by atoms with Gasteiger partial charge in [-0.1, -0.05) is 36.7 Å². The number of unbranched alkanes of at least 4 members (excludes halogenated alkanes) is 1. The summed E-state index contributed by atoms with van der Waals surface area (Å²) in [6, 6.07) is 5.16. The molecule has 0 unspecified atom stereocenters. The Morgan fingerprint density at radius 3 is 2.85 bits per heavy atom. The Hall–Kier alpha value is -1.93. The summed E-state index contributed by atoms with van der Waals surface area (Å²) >= 11 is 7.53. The smallest absolute Gasteiger partial charge is 0.262 e. The summed E-state index contributed by atoms with van der Waals surface area (Å²) in [5, 5.41) is 13.7. The van der Waals surface area contributed by atoms with Gasteiger partial charge in [0.25, 0.3) is 5.56 Å². The monoisotopic (exact) mass is 392 g/mol. The molecule has 0 spiro atoms. The standard InChI is InChI=1S/C17H21ClN6OS/c1-4-5-8-23-15(20-21-22-23)10-26-17-19-14-9-12(18)6-7-13(14)16(25)24(17)11(2)3/h6-7,9,11H,4-5,8,10H2,1-3H3. The predicted molar refractivity (Wildman–Crippen MR) is 104 cm³/mol. The van der Waals surface area contributed by atoms with Crippen molar-refractivity contribution in [2.24, 2.45) is 0 Å². The molecule has 0 atom stereocenters. The molecule has 0 saturated heterocycles. The van der Waals surface area contributed by atoms with Crippen molar-refractivity contribution < 1.29 is 0 Å². The van der Waals surface area contributed by atoms with Gasteiger partial charge in [0.2, 0.25) is 0 Å². The summed E-state index contributed by atoms with van der Waals surface area (Å²) in [5.74, 6) is 1.32. The normalized spacial score (nSPS) is 11.6. The molecule has 7 nitrogen and oxygen atoms in total. The predicted octanol–water partition coefficient (Wildman–Crippen LogP) is 3.71. The molecule has 138 valence electrons. The molecule has 3 aromatic rings. The molecule has 0 radical (unpaired) electrons. The van der Waals surface area contributed by atoms with Gasteiger partial charge < -0.3 is 0 Å². The molecule has 0 aliphatic heterocycles. The van der Waals surface area contributed by atoms with Crippen LogP contribution in [0.1, 0.15) is 45.5 Å². The Bertz CT molecular complexity index is 968. The van der Waals surface area contributed by atoms with Gasteiger partial charge in [0.1, 0.15) is 0 Å². The molecule has 2 heterocycles. The molecule has 9 heteroatoms. The van der Waals surface area contributed by atoms with E-state index in [-0.39, 0.29) is 11.6 Å². The van der Waals surface area contributed by atoms with Crippen LogP contribution in [0.3, 0.4) is 0 Å². The van der Waals surface area contributed by atoms with Crippen LogP contribution in [0.4, 0.5) is 0 Å². The lowest BCUT2D eigenvalue weighted by molar-refractivity contribution is 0.518. The Morgan fingerprint density at radius 1 is 1.31 bits per heavy atom. The van der Waals surface area contributed by atoms with E-state index in [2.05, 4.69) is 27.4 Å². The molecule has 0 saturated carbocycles. The zero-order valence-electron chi connectivity index (χ0n) is 15.0. The van der Waals surface area contributed by atoms with Gasteiger partial charge in [-0.2, -0.15) is 0 Å². The number of hydrogen-bond donors (Lipinski definition) is 0. The molecule has 0 aliphatic carbocycles. The van der Waals surface area contributed by atoms with Crippen molar-refractivity contribution in [3.05, 3.63) is 39.4 Å². The van der Waals surface area contributed by atoms with Crippen LogP contribution in [-0.4, -0.2) is 29.8 Å².